The highest BCUT2D eigenvalue weighted by Gasteiger charge is 2.15. The molecule has 5 aromatic rings. The molecule has 0 radical (unpaired) electrons. The number of thiophene rings is 1. The Morgan fingerprint density at radius 3 is 2.60 bits per heavy atom. The first kappa shape index (κ1) is 18.3. The van der Waals surface area contributed by atoms with E-state index >= 15 is 0 Å². The third kappa shape index (κ3) is 3.27. The van der Waals surface area contributed by atoms with Crippen LogP contribution in [0.15, 0.2) is 89.3 Å². The van der Waals surface area contributed by atoms with Gasteiger partial charge in [-0.2, -0.15) is 0 Å². The molecular formula is C24H17N3O2S. The molecule has 6 heteroatoms. The fourth-order valence-electron chi connectivity index (χ4n) is 3.59. The summed E-state index contributed by atoms with van der Waals surface area (Å²) in [6.07, 6.45) is 1.44. The zero-order valence-electron chi connectivity index (χ0n) is 15.9. The summed E-state index contributed by atoms with van der Waals surface area (Å²) in [6.45, 7) is -0.102. The summed E-state index contributed by atoms with van der Waals surface area (Å²) < 4.78 is 1.36. The molecule has 0 saturated heterocycles. The van der Waals surface area contributed by atoms with Crippen LogP contribution in [0.1, 0.15) is 0 Å². The normalized spacial score (nSPS) is 11.1. The standard InChI is InChI=1S/C24H17N3O2S/c28-21(26-20-12-6-10-16-9-4-5-11-18(16)20)13-27-15-25-23-22(24(27)29)19(14-30-23)17-7-2-1-3-8-17/h1-12,14-15H,13H2,(H,26,28). The van der Waals surface area contributed by atoms with Crippen LogP contribution in [0, 0.1) is 0 Å². The molecule has 146 valence electrons. The number of fused-ring (bicyclic) bond motifs is 2. The van der Waals surface area contributed by atoms with Gasteiger partial charge in [-0.15, -0.1) is 11.3 Å². The molecule has 5 nitrogen and oxygen atoms in total. The molecule has 2 heterocycles. The third-order valence-corrected chi connectivity index (χ3v) is 5.91. The lowest BCUT2D eigenvalue weighted by Gasteiger charge is -2.10. The molecule has 0 spiro atoms. The van der Waals surface area contributed by atoms with E-state index in [9.17, 15) is 9.59 Å². The average molecular weight is 411 g/mol. The Morgan fingerprint density at radius 2 is 1.73 bits per heavy atom. The van der Waals surface area contributed by atoms with Gasteiger partial charge in [-0.25, -0.2) is 4.98 Å². The van der Waals surface area contributed by atoms with Crippen LogP contribution in [-0.4, -0.2) is 15.5 Å². The van der Waals surface area contributed by atoms with E-state index in [0.717, 1.165) is 27.6 Å². The fourth-order valence-corrected chi connectivity index (χ4v) is 4.50. The van der Waals surface area contributed by atoms with E-state index in [-0.39, 0.29) is 18.0 Å². The SMILES string of the molecule is O=C(Cn1cnc2scc(-c3ccccc3)c2c1=O)Nc1cccc2ccccc12. The molecule has 0 fully saturated rings. The zero-order valence-corrected chi connectivity index (χ0v) is 16.7. The van der Waals surface area contributed by atoms with Gasteiger partial charge < -0.3 is 5.32 Å². The van der Waals surface area contributed by atoms with Gasteiger partial charge in [0.05, 0.1) is 11.7 Å². The topological polar surface area (TPSA) is 64.0 Å². The van der Waals surface area contributed by atoms with Gasteiger partial charge >= 0.3 is 0 Å². The number of aromatic nitrogens is 2. The van der Waals surface area contributed by atoms with E-state index in [1.54, 1.807) is 0 Å². The van der Waals surface area contributed by atoms with Crippen molar-refractivity contribution in [3.8, 4) is 11.1 Å². The van der Waals surface area contributed by atoms with Crippen LogP contribution in [0.4, 0.5) is 5.69 Å². The number of anilines is 1. The summed E-state index contributed by atoms with van der Waals surface area (Å²) in [5.41, 5.74) is 2.31. The van der Waals surface area contributed by atoms with Gasteiger partial charge in [-0.1, -0.05) is 66.7 Å². The summed E-state index contributed by atoms with van der Waals surface area (Å²) >= 11 is 1.43. The Hall–Kier alpha value is -3.77. The summed E-state index contributed by atoms with van der Waals surface area (Å²) in [5.74, 6) is -0.272. The van der Waals surface area contributed by atoms with E-state index in [2.05, 4.69) is 10.3 Å². The van der Waals surface area contributed by atoms with Gasteiger partial charge in [0.2, 0.25) is 5.91 Å². The summed E-state index contributed by atoms with van der Waals surface area (Å²) in [7, 11) is 0. The molecule has 0 aliphatic rings. The minimum Gasteiger partial charge on any atom is -0.324 e. The second-order valence-corrected chi connectivity index (χ2v) is 7.81. The summed E-state index contributed by atoms with van der Waals surface area (Å²) in [5, 5.41) is 7.41. The summed E-state index contributed by atoms with van der Waals surface area (Å²) in [4.78, 5) is 30.9. The first-order valence-electron chi connectivity index (χ1n) is 9.50. The van der Waals surface area contributed by atoms with Crippen molar-refractivity contribution in [2.45, 2.75) is 6.54 Å². The van der Waals surface area contributed by atoms with Gasteiger partial charge in [-0.05, 0) is 17.0 Å². The molecule has 0 aliphatic heterocycles. The van der Waals surface area contributed by atoms with Crippen molar-refractivity contribution < 1.29 is 4.79 Å². The lowest BCUT2D eigenvalue weighted by atomic mass is 10.1. The molecule has 3 aromatic carbocycles. The van der Waals surface area contributed by atoms with E-state index in [0.29, 0.717) is 10.2 Å². The monoisotopic (exact) mass is 411 g/mol. The number of amides is 1. The first-order valence-corrected chi connectivity index (χ1v) is 10.4. The molecule has 0 aliphatic carbocycles. The molecule has 1 N–H and O–H groups in total. The summed E-state index contributed by atoms with van der Waals surface area (Å²) in [6, 6.07) is 23.3. The van der Waals surface area contributed by atoms with E-state index in [1.807, 2.05) is 78.2 Å². The van der Waals surface area contributed by atoms with Crippen molar-refractivity contribution in [3.63, 3.8) is 0 Å². The zero-order chi connectivity index (χ0) is 20.5. The predicted molar refractivity (Wildman–Crippen MR) is 122 cm³/mol. The molecular weight excluding hydrogens is 394 g/mol. The van der Waals surface area contributed by atoms with Crippen molar-refractivity contribution in [2.75, 3.05) is 5.32 Å². The van der Waals surface area contributed by atoms with E-state index in [4.69, 9.17) is 0 Å². The highest BCUT2D eigenvalue weighted by Crippen LogP contribution is 2.30. The van der Waals surface area contributed by atoms with Crippen LogP contribution in [0.5, 0.6) is 0 Å². The number of hydrogen-bond acceptors (Lipinski definition) is 4. The lowest BCUT2D eigenvalue weighted by molar-refractivity contribution is -0.116. The van der Waals surface area contributed by atoms with Crippen molar-refractivity contribution in [2.24, 2.45) is 0 Å². The number of rotatable bonds is 4. The maximum absolute atomic E-state index is 13.1. The second kappa shape index (κ2) is 7.57. The number of carbonyl (C=O) groups excluding carboxylic acids is 1. The number of carbonyl (C=O) groups is 1. The van der Waals surface area contributed by atoms with Crippen LogP contribution in [0.25, 0.3) is 32.1 Å². The number of hydrogen-bond donors (Lipinski definition) is 1. The fraction of sp³-hybridized carbons (Fsp3) is 0.0417. The number of nitrogens with one attached hydrogen (secondary N) is 1. The Labute approximate surface area is 176 Å². The largest absolute Gasteiger partial charge is 0.324 e. The Bertz CT molecular complexity index is 1430. The van der Waals surface area contributed by atoms with Gasteiger partial charge in [0.25, 0.3) is 5.56 Å². The minimum absolute atomic E-state index is 0.102. The highest BCUT2D eigenvalue weighted by atomic mass is 32.1. The van der Waals surface area contributed by atoms with Crippen molar-refractivity contribution in [3.05, 3.63) is 94.9 Å². The Morgan fingerprint density at radius 1 is 0.967 bits per heavy atom. The molecule has 30 heavy (non-hydrogen) atoms. The number of nitrogens with zero attached hydrogens (tertiary/aromatic N) is 2. The molecule has 5 rings (SSSR count). The maximum Gasteiger partial charge on any atom is 0.263 e. The molecule has 2 aromatic heterocycles. The first-order chi connectivity index (χ1) is 14.7. The van der Waals surface area contributed by atoms with Gasteiger partial charge in [0.15, 0.2) is 0 Å². The quantitative estimate of drug-likeness (QED) is 0.457. The van der Waals surface area contributed by atoms with Crippen LogP contribution in [0.2, 0.25) is 0 Å². The third-order valence-electron chi connectivity index (χ3n) is 5.02. The molecule has 1 amide bonds. The Kier molecular flexibility index (Phi) is 4.61. The minimum atomic E-state index is -0.272. The van der Waals surface area contributed by atoms with Gasteiger partial charge in [0, 0.05) is 22.0 Å². The molecule has 0 unspecified atom stereocenters. The van der Waals surface area contributed by atoms with Crippen LogP contribution < -0.4 is 10.9 Å². The van der Waals surface area contributed by atoms with E-state index < -0.39 is 0 Å². The lowest BCUT2D eigenvalue weighted by Crippen LogP contribution is -2.27. The maximum atomic E-state index is 13.1. The van der Waals surface area contributed by atoms with Crippen LogP contribution >= 0.6 is 11.3 Å². The van der Waals surface area contributed by atoms with Crippen LogP contribution in [-0.2, 0) is 11.3 Å². The highest BCUT2D eigenvalue weighted by molar-refractivity contribution is 7.17. The van der Waals surface area contributed by atoms with Gasteiger partial charge in [-0.3, -0.25) is 14.2 Å². The second-order valence-electron chi connectivity index (χ2n) is 6.95. The average Bonchev–Trinajstić information content (AvgIpc) is 3.22. The predicted octanol–water partition coefficient (Wildman–Crippen LogP) is 4.92. The molecule has 0 saturated carbocycles. The van der Waals surface area contributed by atoms with E-state index in [1.165, 1.54) is 22.2 Å². The van der Waals surface area contributed by atoms with Crippen LogP contribution in [0.3, 0.4) is 0 Å². The van der Waals surface area contributed by atoms with Gasteiger partial charge in [0.1, 0.15) is 11.4 Å². The Balaban J connectivity index is 1.47. The smallest absolute Gasteiger partial charge is 0.263 e. The molecule has 0 bridgehead atoms. The van der Waals surface area contributed by atoms with Crippen molar-refractivity contribution >= 4 is 43.9 Å². The van der Waals surface area contributed by atoms with Crippen molar-refractivity contribution in [1.29, 1.82) is 0 Å². The molecule has 0 atom stereocenters. The number of benzene rings is 3. The van der Waals surface area contributed by atoms with Crippen molar-refractivity contribution in [1.82, 2.24) is 9.55 Å².